The normalized spacial score (nSPS) is 28.2. The Hall–Kier alpha value is -0.890. The van der Waals surface area contributed by atoms with Gasteiger partial charge in [0.25, 0.3) is 0 Å². The first-order valence-electron chi connectivity index (χ1n) is 7.92. The van der Waals surface area contributed by atoms with Gasteiger partial charge >= 0.3 is 0 Å². The highest BCUT2D eigenvalue weighted by molar-refractivity contribution is 5.29. The number of ether oxygens (including phenoxy) is 1. The van der Waals surface area contributed by atoms with E-state index in [0.29, 0.717) is 17.9 Å². The molecular weight excluding hydrogens is 251 g/mol. The molecule has 0 aliphatic carbocycles. The Morgan fingerprint density at radius 1 is 1.15 bits per heavy atom. The van der Waals surface area contributed by atoms with E-state index in [4.69, 9.17) is 4.74 Å². The van der Waals surface area contributed by atoms with E-state index in [2.05, 4.69) is 33.8 Å². The smallest absolute Gasteiger partial charge is 0.126 e. The average Bonchev–Trinajstić information content (AvgIpc) is 2.35. The molecule has 0 N–H and O–H groups in total. The molecule has 112 valence electrons. The van der Waals surface area contributed by atoms with Crippen LogP contribution in [-0.4, -0.2) is 12.2 Å². The molecule has 2 rings (SSSR count). The van der Waals surface area contributed by atoms with Crippen LogP contribution in [-0.2, 0) is 4.74 Å². The number of rotatable bonds is 2. The zero-order chi connectivity index (χ0) is 14.7. The molecule has 3 atom stereocenters. The number of halogens is 1. The first-order valence-corrected chi connectivity index (χ1v) is 7.92. The van der Waals surface area contributed by atoms with E-state index in [1.165, 1.54) is 0 Å². The lowest BCUT2D eigenvalue weighted by Crippen LogP contribution is -2.23. The third kappa shape index (κ3) is 3.82. The van der Waals surface area contributed by atoms with Crippen molar-refractivity contribution in [2.45, 2.75) is 77.4 Å². The summed E-state index contributed by atoms with van der Waals surface area (Å²) in [6, 6.07) is 5.79. The molecule has 0 saturated carbocycles. The van der Waals surface area contributed by atoms with E-state index in [1.54, 1.807) is 6.07 Å². The summed E-state index contributed by atoms with van der Waals surface area (Å²) in [5.74, 6) is 0.625. The van der Waals surface area contributed by atoms with Crippen LogP contribution >= 0.6 is 0 Å². The van der Waals surface area contributed by atoms with Gasteiger partial charge in [-0.25, -0.2) is 4.39 Å². The van der Waals surface area contributed by atoms with Gasteiger partial charge in [0.2, 0.25) is 0 Å². The maximum Gasteiger partial charge on any atom is 0.126 e. The molecule has 0 amide bonds. The maximum absolute atomic E-state index is 14.4. The van der Waals surface area contributed by atoms with Crippen LogP contribution < -0.4 is 0 Å². The fraction of sp³-hybridized carbons (Fsp3) is 0.667. The second-order valence-corrected chi connectivity index (χ2v) is 6.56. The zero-order valence-electron chi connectivity index (χ0n) is 13.2. The third-order valence-electron chi connectivity index (χ3n) is 4.38. The summed E-state index contributed by atoms with van der Waals surface area (Å²) in [7, 11) is 0. The molecule has 1 fully saturated rings. The Balaban J connectivity index is 2.17. The van der Waals surface area contributed by atoms with Crippen LogP contribution in [0, 0.1) is 5.82 Å². The van der Waals surface area contributed by atoms with Gasteiger partial charge < -0.3 is 4.74 Å². The minimum absolute atomic E-state index is 0.0398. The van der Waals surface area contributed by atoms with Crippen molar-refractivity contribution >= 4 is 0 Å². The van der Waals surface area contributed by atoms with Gasteiger partial charge in [-0.3, -0.25) is 0 Å². The lowest BCUT2D eigenvalue weighted by molar-refractivity contribution is -0.0135. The van der Waals surface area contributed by atoms with Crippen molar-refractivity contribution in [3.63, 3.8) is 0 Å². The van der Waals surface area contributed by atoms with Crippen molar-refractivity contribution in [3.05, 3.63) is 35.1 Å². The quantitative estimate of drug-likeness (QED) is 0.703. The van der Waals surface area contributed by atoms with E-state index in [1.807, 2.05) is 6.07 Å². The van der Waals surface area contributed by atoms with E-state index < -0.39 is 0 Å². The van der Waals surface area contributed by atoms with Gasteiger partial charge in [0.15, 0.2) is 0 Å². The van der Waals surface area contributed by atoms with Crippen molar-refractivity contribution in [1.29, 1.82) is 0 Å². The number of hydrogen-bond donors (Lipinski definition) is 0. The fourth-order valence-corrected chi connectivity index (χ4v) is 3.21. The molecule has 0 aromatic heterocycles. The number of benzene rings is 1. The van der Waals surface area contributed by atoms with Crippen LogP contribution in [0.4, 0.5) is 4.39 Å². The third-order valence-corrected chi connectivity index (χ3v) is 4.38. The van der Waals surface area contributed by atoms with Crippen LogP contribution in [0.1, 0.15) is 76.3 Å². The molecule has 1 heterocycles. The van der Waals surface area contributed by atoms with Gasteiger partial charge in [0.05, 0.1) is 12.2 Å². The molecule has 0 radical (unpaired) electrons. The standard InChI is InChI=1S/C18H27FO/c1-12(2)15-8-9-17(18(19)11-15)16-7-5-6-13(3)20-14(4)10-16/h8-9,11-14,16H,5-7,10H2,1-4H3. The van der Waals surface area contributed by atoms with Gasteiger partial charge in [-0.2, -0.15) is 0 Å². The molecule has 1 aliphatic heterocycles. The molecular formula is C18H27FO. The van der Waals surface area contributed by atoms with Crippen LogP contribution in [0.15, 0.2) is 18.2 Å². The summed E-state index contributed by atoms with van der Waals surface area (Å²) >= 11 is 0. The van der Waals surface area contributed by atoms with Gasteiger partial charge in [-0.1, -0.05) is 32.4 Å². The number of hydrogen-bond acceptors (Lipinski definition) is 1. The second-order valence-electron chi connectivity index (χ2n) is 6.56. The summed E-state index contributed by atoms with van der Waals surface area (Å²) in [5, 5.41) is 0. The highest BCUT2D eigenvalue weighted by Crippen LogP contribution is 2.33. The average molecular weight is 278 g/mol. The predicted molar refractivity (Wildman–Crippen MR) is 81.7 cm³/mol. The van der Waals surface area contributed by atoms with E-state index in [-0.39, 0.29) is 11.9 Å². The Morgan fingerprint density at radius 2 is 1.90 bits per heavy atom. The van der Waals surface area contributed by atoms with Gasteiger partial charge in [-0.15, -0.1) is 0 Å². The SMILES string of the molecule is CC1CCCC(c2ccc(C(C)C)cc2F)CC(C)O1. The molecule has 2 heteroatoms. The summed E-state index contributed by atoms with van der Waals surface area (Å²) in [4.78, 5) is 0. The lowest BCUT2D eigenvalue weighted by atomic mass is 9.86. The Kier molecular flexibility index (Phi) is 5.20. The van der Waals surface area contributed by atoms with Crippen LogP contribution in [0.5, 0.6) is 0 Å². The molecule has 1 nitrogen and oxygen atoms in total. The summed E-state index contributed by atoms with van der Waals surface area (Å²) in [6.07, 6.45) is 4.72. The monoisotopic (exact) mass is 278 g/mol. The second kappa shape index (κ2) is 6.71. The molecule has 3 unspecified atom stereocenters. The molecule has 1 aliphatic rings. The predicted octanol–water partition coefficient (Wildman–Crippen LogP) is 5.40. The van der Waals surface area contributed by atoms with Crippen LogP contribution in [0.25, 0.3) is 0 Å². The molecule has 1 saturated heterocycles. The van der Waals surface area contributed by atoms with E-state index in [0.717, 1.165) is 36.8 Å². The fourth-order valence-electron chi connectivity index (χ4n) is 3.21. The minimum atomic E-state index is -0.0398. The van der Waals surface area contributed by atoms with Crippen molar-refractivity contribution in [3.8, 4) is 0 Å². The molecule has 20 heavy (non-hydrogen) atoms. The Morgan fingerprint density at radius 3 is 2.55 bits per heavy atom. The molecule has 1 aromatic carbocycles. The summed E-state index contributed by atoms with van der Waals surface area (Å²) in [5.41, 5.74) is 1.95. The van der Waals surface area contributed by atoms with Gasteiger partial charge in [-0.05, 0) is 62.1 Å². The van der Waals surface area contributed by atoms with E-state index >= 15 is 0 Å². The zero-order valence-corrected chi connectivity index (χ0v) is 13.2. The van der Waals surface area contributed by atoms with E-state index in [9.17, 15) is 4.39 Å². The van der Waals surface area contributed by atoms with Crippen molar-refractivity contribution in [2.75, 3.05) is 0 Å². The Bertz CT molecular complexity index is 441. The highest BCUT2D eigenvalue weighted by Gasteiger charge is 2.23. The van der Waals surface area contributed by atoms with Crippen molar-refractivity contribution < 1.29 is 9.13 Å². The van der Waals surface area contributed by atoms with Crippen LogP contribution in [0.3, 0.4) is 0 Å². The topological polar surface area (TPSA) is 9.23 Å². The molecule has 1 aromatic rings. The summed E-state index contributed by atoms with van der Waals surface area (Å²) in [6.45, 7) is 8.44. The van der Waals surface area contributed by atoms with Gasteiger partial charge in [0, 0.05) is 0 Å². The molecule has 0 spiro atoms. The minimum Gasteiger partial charge on any atom is -0.376 e. The first-order chi connectivity index (χ1) is 9.47. The van der Waals surface area contributed by atoms with Gasteiger partial charge in [0.1, 0.15) is 5.82 Å². The van der Waals surface area contributed by atoms with Crippen LogP contribution in [0.2, 0.25) is 0 Å². The summed E-state index contributed by atoms with van der Waals surface area (Å²) < 4.78 is 20.3. The Labute approximate surface area is 122 Å². The van der Waals surface area contributed by atoms with Crippen molar-refractivity contribution in [2.24, 2.45) is 0 Å². The maximum atomic E-state index is 14.4. The largest absolute Gasteiger partial charge is 0.376 e. The lowest BCUT2D eigenvalue weighted by Gasteiger charge is -2.28. The highest BCUT2D eigenvalue weighted by atomic mass is 19.1. The molecule has 0 bridgehead atoms. The van der Waals surface area contributed by atoms with Crippen molar-refractivity contribution in [1.82, 2.24) is 0 Å². The first kappa shape index (κ1) is 15.5.